The third kappa shape index (κ3) is 4.94. The van der Waals surface area contributed by atoms with Crippen molar-refractivity contribution in [2.75, 3.05) is 4.90 Å². The SMILES string of the molecule is c1ccc(-c2ccc(N(c3cccc(-c4cccc5sc6ccccc6c45)c3)c3cc4oc(-c5ccccc5)nc4c4c3oc3ccccc34)cc2)cc1. The summed E-state index contributed by atoms with van der Waals surface area (Å²) in [6, 6.07) is 63.7. The van der Waals surface area contributed by atoms with Crippen LogP contribution in [-0.2, 0) is 0 Å². The lowest BCUT2D eigenvalue weighted by molar-refractivity contribution is 0.619. The van der Waals surface area contributed by atoms with Gasteiger partial charge in [0.2, 0.25) is 5.89 Å². The second kappa shape index (κ2) is 12.3. The lowest BCUT2D eigenvalue weighted by Gasteiger charge is -2.26. The van der Waals surface area contributed by atoms with Crippen molar-refractivity contribution >= 4 is 81.6 Å². The summed E-state index contributed by atoms with van der Waals surface area (Å²) in [5, 5.41) is 4.49. The molecule has 4 nitrogen and oxygen atoms in total. The molecule has 11 rings (SSSR count). The van der Waals surface area contributed by atoms with E-state index >= 15 is 0 Å². The van der Waals surface area contributed by atoms with Crippen molar-refractivity contribution < 1.29 is 8.83 Å². The Morgan fingerprint density at radius 3 is 1.94 bits per heavy atom. The highest BCUT2D eigenvalue weighted by Gasteiger charge is 2.25. The highest BCUT2D eigenvalue weighted by atomic mass is 32.1. The molecule has 0 saturated heterocycles. The molecule has 54 heavy (non-hydrogen) atoms. The first-order valence-corrected chi connectivity index (χ1v) is 18.8. The number of hydrogen-bond acceptors (Lipinski definition) is 5. The van der Waals surface area contributed by atoms with E-state index in [1.807, 2.05) is 65.9 Å². The zero-order chi connectivity index (χ0) is 35.6. The zero-order valence-corrected chi connectivity index (χ0v) is 29.8. The third-order valence-electron chi connectivity index (χ3n) is 10.3. The van der Waals surface area contributed by atoms with Crippen molar-refractivity contribution in [1.29, 1.82) is 0 Å². The summed E-state index contributed by atoms with van der Waals surface area (Å²) in [4.78, 5) is 7.37. The number of hydrogen-bond donors (Lipinski definition) is 0. The molecule has 11 aromatic rings. The number of fused-ring (bicyclic) bond motifs is 8. The van der Waals surface area contributed by atoms with Crippen LogP contribution in [0.25, 0.3) is 86.9 Å². The highest BCUT2D eigenvalue weighted by Crippen LogP contribution is 2.47. The van der Waals surface area contributed by atoms with Gasteiger partial charge < -0.3 is 13.7 Å². The molecular formula is C49H30N2O2S. The standard InChI is InChI=1S/C49H30N2O2S/c1-3-13-31(14-4-1)32-25-27-35(28-26-32)51(36-18-11-17-34(29-36)37-21-12-24-44-45(37)39-20-8-10-23-43(39)54-44)40-30-42-47(50-49(53-42)33-15-5-2-6-16-33)46-38-19-7-9-22-41(38)52-48(40)46/h1-30H. The second-order valence-electron chi connectivity index (χ2n) is 13.5. The predicted octanol–water partition coefficient (Wildman–Crippen LogP) is 14.6. The molecule has 3 heterocycles. The maximum Gasteiger partial charge on any atom is 0.227 e. The zero-order valence-electron chi connectivity index (χ0n) is 28.9. The monoisotopic (exact) mass is 710 g/mol. The Morgan fingerprint density at radius 1 is 0.444 bits per heavy atom. The summed E-state index contributed by atoms with van der Waals surface area (Å²) >= 11 is 1.84. The Labute approximate surface area is 314 Å². The minimum atomic E-state index is 0.575. The Balaban J connectivity index is 1.17. The first-order valence-electron chi connectivity index (χ1n) is 18.0. The van der Waals surface area contributed by atoms with Gasteiger partial charge in [0, 0.05) is 48.6 Å². The van der Waals surface area contributed by atoms with Crippen LogP contribution in [0.4, 0.5) is 17.1 Å². The Morgan fingerprint density at radius 2 is 1.11 bits per heavy atom. The van der Waals surface area contributed by atoms with Gasteiger partial charge in [-0.1, -0.05) is 121 Å². The van der Waals surface area contributed by atoms with Crippen LogP contribution in [0, 0.1) is 0 Å². The molecule has 0 fully saturated rings. The molecular weight excluding hydrogens is 681 g/mol. The molecule has 0 radical (unpaired) electrons. The first-order chi connectivity index (χ1) is 26.8. The largest absolute Gasteiger partial charge is 0.454 e. The van der Waals surface area contributed by atoms with Gasteiger partial charge in [-0.3, -0.25) is 0 Å². The molecule has 0 saturated carbocycles. The van der Waals surface area contributed by atoms with Crippen LogP contribution >= 0.6 is 11.3 Å². The molecule has 5 heteroatoms. The quantitative estimate of drug-likeness (QED) is 0.172. The third-order valence-corrected chi connectivity index (χ3v) is 11.4. The van der Waals surface area contributed by atoms with E-state index in [1.54, 1.807) is 0 Å². The highest BCUT2D eigenvalue weighted by molar-refractivity contribution is 7.25. The van der Waals surface area contributed by atoms with Crippen molar-refractivity contribution in [3.63, 3.8) is 0 Å². The van der Waals surface area contributed by atoms with E-state index in [1.165, 1.54) is 31.3 Å². The molecule has 0 aliphatic rings. The summed E-state index contributed by atoms with van der Waals surface area (Å²) in [5.74, 6) is 0.575. The Bertz CT molecular complexity index is 3160. The maximum atomic E-state index is 6.81. The topological polar surface area (TPSA) is 42.4 Å². The van der Waals surface area contributed by atoms with Gasteiger partial charge in [0.05, 0.1) is 11.1 Å². The molecule has 3 aromatic heterocycles. The van der Waals surface area contributed by atoms with Crippen LogP contribution in [0.1, 0.15) is 0 Å². The molecule has 0 atom stereocenters. The van der Waals surface area contributed by atoms with Crippen LogP contribution in [-0.4, -0.2) is 4.98 Å². The molecule has 0 aliphatic carbocycles. The van der Waals surface area contributed by atoms with Crippen molar-refractivity contribution in [2.24, 2.45) is 0 Å². The van der Waals surface area contributed by atoms with Crippen LogP contribution < -0.4 is 4.90 Å². The molecule has 0 aliphatic heterocycles. The second-order valence-corrected chi connectivity index (χ2v) is 14.6. The van der Waals surface area contributed by atoms with E-state index < -0.39 is 0 Å². The average molecular weight is 711 g/mol. The fourth-order valence-electron chi connectivity index (χ4n) is 7.82. The van der Waals surface area contributed by atoms with Crippen LogP contribution in [0.5, 0.6) is 0 Å². The van der Waals surface area contributed by atoms with Gasteiger partial charge in [-0.15, -0.1) is 11.3 Å². The average Bonchev–Trinajstić information content (AvgIpc) is 3.96. The van der Waals surface area contributed by atoms with E-state index in [4.69, 9.17) is 13.8 Å². The Hall–Kier alpha value is -6.95. The van der Waals surface area contributed by atoms with E-state index in [-0.39, 0.29) is 0 Å². The van der Waals surface area contributed by atoms with Crippen LogP contribution in [0.3, 0.4) is 0 Å². The number of anilines is 3. The van der Waals surface area contributed by atoms with Crippen LogP contribution in [0.15, 0.2) is 191 Å². The summed E-state index contributed by atoms with van der Waals surface area (Å²) in [5.41, 5.74) is 11.5. The molecule has 254 valence electrons. The first kappa shape index (κ1) is 30.7. The number of thiophene rings is 1. The summed E-state index contributed by atoms with van der Waals surface area (Å²) < 4.78 is 16.0. The van der Waals surface area contributed by atoms with Gasteiger partial charge in [-0.25, -0.2) is 4.98 Å². The number of rotatable bonds is 6. The summed E-state index contributed by atoms with van der Waals surface area (Å²) in [7, 11) is 0. The molecule has 0 bridgehead atoms. The van der Waals surface area contributed by atoms with E-state index in [0.717, 1.165) is 61.2 Å². The van der Waals surface area contributed by atoms with Crippen molar-refractivity contribution in [2.45, 2.75) is 0 Å². The number of para-hydroxylation sites is 1. The number of aromatic nitrogens is 1. The minimum absolute atomic E-state index is 0.575. The van der Waals surface area contributed by atoms with E-state index in [9.17, 15) is 0 Å². The summed E-state index contributed by atoms with van der Waals surface area (Å²) in [6.07, 6.45) is 0. The van der Waals surface area contributed by atoms with Crippen molar-refractivity contribution in [1.82, 2.24) is 4.98 Å². The number of furan rings is 1. The van der Waals surface area contributed by atoms with Gasteiger partial charge in [-0.2, -0.15) is 0 Å². The minimum Gasteiger partial charge on any atom is -0.454 e. The van der Waals surface area contributed by atoms with Gasteiger partial charge in [0.15, 0.2) is 11.2 Å². The lowest BCUT2D eigenvalue weighted by atomic mass is 9.98. The van der Waals surface area contributed by atoms with Crippen molar-refractivity contribution in [3.8, 4) is 33.7 Å². The maximum absolute atomic E-state index is 6.81. The smallest absolute Gasteiger partial charge is 0.227 e. The van der Waals surface area contributed by atoms with Gasteiger partial charge in [0.25, 0.3) is 0 Å². The predicted molar refractivity (Wildman–Crippen MR) is 225 cm³/mol. The molecule has 0 unspecified atom stereocenters. The van der Waals surface area contributed by atoms with Gasteiger partial charge in [-0.05, 0) is 76.9 Å². The number of benzene rings is 8. The number of oxazole rings is 1. The van der Waals surface area contributed by atoms with Crippen molar-refractivity contribution in [3.05, 3.63) is 182 Å². The fraction of sp³-hybridized carbons (Fsp3) is 0. The van der Waals surface area contributed by atoms with Crippen LogP contribution in [0.2, 0.25) is 0 Å². The molecule has 0 N–H and O–H groups in total. The molecule has 0 amide bonds. The molecule has 0 spiro atoms. The van der Waals surface area contributed by atoms with Gasteiger partial charge >= 0.3 is 0 Å². The fourth-order valence-corrected chi connectivity index (χ4v) is 8.95. The normalized spacial score (nSPS) is 11.7. The Kier molecular flexibility index (Phi) is 7.00. The van der Waals surface area contributed by atoms with Gasteiger partial charge in [0.1, 0.15) is 11.1 Å². The number of nitrogens with zero attached hydrogens (tertiary/aromatic N) is 2. The van der Waals surface area contributed by atoms with E-state index in [2.05, 4.69) is 132 Å². The summed E-state index contributed by atoms with van der Waals surface area (Å²) in [6.45, 7) is 0. The molecule has 8 aromatic carbocycles. The lowest BCUT2D eigenvalue weighted by Crippen LogP contribution is -2.10. The van der Waals surface area contributed by atoms with E-state index in [0.29, 0.717) is 11.5 Å².